The molecular formula is C17H24O4S. The molecule has 1 fully saturated rings. The Balaban J connectivity index is 2.01. The van der Waals surface area contributed by atoms with Crippen molar-refractivity contribution < 1.29 is 19.3 Å². The number of rotatable bonds is 5. The molecule has 0 spiro atoms. The first kappa shape index (κ1) is 17.2. The number of thiocarbonyl (C=S) groups is 1. The number of aliphatic hydroxyl groups excluding tert-OH is 1. The summed E-state index contributed by atoms with van der Waals surface area (Å²) >= 11 is 5.21. The van der Waals surface area contributed by atoms with Crippen molar-refractivity contribution in [3.63, 3.8) is 0 Å². The van der Waals surface area contributed by atoms with E-state index in [4.69, 9.17) is 26.4 Å². The van der Waals surface area contributed by atoms with Crippen LogP contribution in [-0.2, 0) is 9.47 Å². The normalized spacial score (nSPS) is 31.0. The second kappa shape index (κ2) is 7.40. The van der Waals surface area contributed by atoms with Crippen LogP contribution in [0.4, 0.5) is 0 Å². The fraction of sp³-hybridized carbons (Fsp3) is 0.588. The zero-order valence-electron chi connectivity index (χ0n) is 13.3. The number of aliphatic hydroxyl groups is 1. The summed E-state index contributed by atoms with van der Waals surface area (Å²) in [5, 5.41) is 9.42. The number of benzene rings is 1. The summed E-state index contributed by atoms with van der Waals surface area (Å²) in [5.74, 6) is 0.779. The molecule has 0 aliphatic carbocycles. The van der Waals surface area contributed by atoms with Gasteiger partial charge in [-0.1, -0.05) is 32.0 Å². The smallest absolute Gasteiger partial charge is 0.358 e. The standard InChI is InChI=1S/C17H24O4S/c1-4-17(10-11-18)12(2)15(13(3)21-17)20-16(22)19-14-8-6-5-7-9-14/h5-9,12-13,15,18H,4,10-11H2,1-3H3/t12-,13+,15-,17-/m1/s1. The predicted molar refractivity (Wildman–Crippen MR) is 89.0 cm³/mol. The highest BCUT2D eigenvalue weighted by molar-refractivity contribution is 7.79. The van der Waals surface area contributed by atoms with Gasteiger partial charge in [0.2, 0.25) is 0 Å². The highest BCUT2D eigenvalue weighted by Crippen LogP contribution is 2.42. The first-order valence-electron chi connectivity index (χ1n) is 7.74. The van der Waals surface area contributed by atoms with E-state index >= 15 is 0 Å². The average Bonchev–Trinajstić information content (AvgIpc) is 2.73. The molecule has 0 radical (unpaired) electrons. The van der Waals surface area contributed by atoms with E-state index in [9.17, 15) is 5.11 Å². The minimum atomic E-state index is -0.360. The molecule has 0 aromatic heterocycles. The minimum Gasteiger partial charge on any atom is -0.450 e. The van der Waals surface area contributed by atoms with E-state index in [1.165, 1.54) is 0 Å². The van der Waals surface area contributed by atoms with Gasteiger partial charge in [-0.05, 0) is 31.9 Å². The molecule has 5 heteroatoms. The molecule has 1 heterocycles. The molecule has 0 amide bonds. The Morgan fingerprint density at radius 2 is 2.00 bits per heavy atom. The van der Waals surface area contributed by atoms with E-state index in [2.05, 4.69) is 13.8 Å². The summed E-state index contributed by atoms with van der Waals surface area (Å²) in [6.45, 7) is 6.22. The van der Waals surface area contributed by atoms with E-state index in [-0.39, 0.29) is 35.6 Å². The second-order valence-electron chi connectivity index (χ2n) is 5.75. The van der Waals surface area contributed by atoms with Crippen molar-refractivity contribution in [2.24, 2.45) is 5.92 Å². The van der Waals surface area contributed by atoms with Gasteiger partial charge in [-0.15, -0.1) is 0 Å². The van der Waals surface area contributed by atoms with Gasteiger partial charge in [0.05, 0.1) is 11.7 Å². The highest BCUT2D eigenvalue weighted by atomic mass is 32.1. The number of ether oxygens (including phenoxy) is 3. The molecule has 2 rings (SSSR count). The van der Waals surface area contributed by atoms with E-state index < -0.39 is 0 Å². The minimum absolute atomic E-state index is 0.0983. The lowest BCUT2D eigenvalue weighted by Crippen LogP contribution is -2.38. The predicted octanol–water partition coefficient (Wildman–Crippen LogP) is 3.32. The Bertz CT molecular complexity index is 493. The van der Waals surface area contributed by atoms with Gasteiger partial charge in [-0.3, -0.25) is 0 Å². The average molecular weight is 324 g/mol. The molecule has 1 aromatic carbocycles. The molecule has 122 valence electrons. The van der Waals surface area contributed by atoms with Crippen molar-refractivity contribution in [1.82, 2.24) is 0 Å². The molecule has 0 bridgehead atoms. The Labute approximate surface area is 137 Å². The fourth-order valence-electron chi connectivity index (χ4n) is 3.23. The van der Waals surface area contributed by atoms with Gasteiger partial charge >= 0.3 is 5.24 Å². The lowest BCUT2D eigenvalue weighted by Gasteiger charge is -2.31. The molecular weight excluding hydrogens is 300 g/mol. The number of hydrogen-bond acceptors (Lipinski definition) is 5. The first-order valence-corrected chi connectivity index (χ1v) is 8.15. The van der Waals surface area contributed by atoms with Gasteiger partial charge in [0.25, 0.3) is 0 Å². The molecule has 1 saturated heterocycles. The van der Waals surface area contributed by atoms with Crippen LogP contribution in [-0.4, -0.2) is 34.8 Å². The van der Waals surface area contributed by atoms with Crippen molar-refractivity contribution in [3.05, 3.63) is 30.3 Å². The molecule has 4 nitrogen and oxygen atoms in total. The zero-order valence-corrected chi connectivity index (χ0v) is 14.1. The van der Waals surface area contributed by atoms with Crippen LogP contribution in [0.5, 0.6) is 5.75 Å². The van der Waals surface area contributed by atoms with Crippen LogP contribution in [0.1, 0.15) is 33.6 Å². The summed E-state index contributed by atoms with van der Waals surface area (Å²) in [6.07, 6.45) is 1.15. The van der Waals surface area contributed by atoms with Gasteiger partial charge in [0, 0.05) is 24.7 Å². The summed E-state index contributed by atoms with van der Waals surface area (Å²) in [4.78, 5) is 0. The van der Waals surface area contributed by atoms with Crippen molar-refractivity contribution >= 4 is 17.5 Å². The van der Waals surface area contributed by atoms with Crippen LogP contribution >= 0.6 is 12.2 Å². The van der Waals surface area contributed by atoms with Gasteiger partial charge in [0.15, 0.2) is 0 Å². The SMILES string of the molecule is CC[C@]1(CCO)O[C@@H](C)[C@H](OC(=S)Oc2ccccc2)[C@H]1C. The van der Waals surface area contributed by atoms with E-state index in [1.54, 1.807) is 0 Å². The van der Waals surface area contributed by atoms with Gasteiger partial charge < -0.3 is 19.3 Å². The molecule has 1 aliphatic heterocycles. The van der Waals surface area contributed by atoms with Crippen LogP contribution in [0, 0.1) is 5.92 Å². The summed E-state index contributed by atoms with van der Waals surface area (Å²) in [6, 6.07) is 9.33. The Morgan fingerprint density at radius 3 is 2.59 bits per heavy atom. The van der Waals surface area contributed by atoms with E-state index in [0.29, 0.717) is 12.2 Å². The third-order valence-electron chi connectivity index (χ3n) is 4.52. The lowest BCUT2D eigenvalue weighted by atomic mass is 9.82. The molecule has 1 aromatic rings. The molecule has 4 atom stereocenters. The quantitative estimate of drug-likeness (QED) is 0.842. The largest absolute Gasteiger partial charge is 0.450 e. The van der Waals surface area contributed by atoms with Crippen molar-refractivity contribution in [1.29, 1.82) is 0 Å². The van der Waals surface area contributed by atoms with Crippen LogP contribution in [0.2, 0.25) is 0 Å². The van der Waals surface area contributed by atoms with Crippen LogP contribution < -0.4 is 4.74 Å². The maximum Gasteiger partial charge on any atom is 0.358 e. The summed E-state index contributed by atoms with van der Waals surface area (Å²) in [5.41, 5.74) is -0.360. The number of para-hydroxylation sites is 1. The first-order chi connectivity index (χ1) is 10.5. The molecule has 0 saturated carbocycles. The number of hydrogen-bond donors (Lipinski definition) is 1. The van der Waals surface area contributed by atoms with Crippen molar-refractivity contribution in [2.75, 3.05) is 6.61 Å². The topological polar surface area (TPSA) is 47.9 Å². The van der Waals surface area contributed by atoms with E-state index in [1.807, 2.05) is 37.3 Å². The molecule has 1 aliphatic rings. The molecule has 1 N–H and O–H groups in total. The summed E-state index contributed by atoms with van der Waals surface area (Å²) < 4.78 is 17.5. The zero-order chi connectivity index (χ0) is 16.2. The summed E-state index contributed by atoms with van der Waals surface area (Å²) in [7, 11) is 0. The van der Waals surface area contributed by atoms with E-state index in [0.717, 1.165) is 6.42 Å². The Morgan fingerprint density at radius 1 is 1.32 bits per heavy atom. The fourth-order valence-corrected chi connectivity index (χ4v) is 3.43. The van der Waals surface area contributed by atoms with Crippen LogP contribution in [0.15, 0.2) is 30.3 Å². The van der Waals surface area contributed by atoms with Crippen LogP contribution in [0.3, 0.4) is 0 Å². The van der Waals surface area contributed by atoms with Crippen molar-refractivity contribution in [3.8, 4) is 5.75 Å². The monoisotopic (exact) mass is 324 g/mol. The van der Waals surface area contributed by atoms with Gasteiger partial charge in [-0.2, -0.15) is 0 Å². The Kier molecular flexibility index (Phi) is 5.78. The maximum atomic E-state index is 9.32. The maximum absolute atomic E-state index is 9.32. The third-order valence-corrected chi connectivity index (χ3v) is 4.70. The third kappa shape index (κ3) is 3.59. The van der Waals surface area contributed by atoms with Crippen molar-refractivity contribution in [2.45, 2.75) is 51.4 Å². The second-order valence-corrected chi connectivity index (χ2v) is 6.08. The lowest BCUT2D eigenvalue weighted by molar-refractivity contribution is -0.0681. The van der Waals surface area contributed by atoms with Gasteiger partial charge in [0.1, 0.15) is 11.9 Å². The molecule has 22 heavy (non-hydrogen) atoms. The molecule has 0 unspecified atom stereocenters. The van der Waals surface area contributed by atoms with Gasteiger partial charge in [-0.25, -0.2) is 0 Å². The highest BCUT2D eigenvalue weighted by Gasteiger charge is 2.51. The Hall–Kier alpha value is -1.17. The van der Waals surface area contributed by atoms with Crippen LogP contribution in [0.25, 0.3) is 0 Å².